The zero-order valence-electron chi connectivity index (χ0n) is 11.2. The molecule has 2 aromatic heterocycles. The first-order chi connectivity index (χ1) is 10.1. The molecule has 0 radical (unpaired) electrons. The Morgan fingerprint density at radius 1 is 1.24 bits per heavy atom. The minimum Gasteiger partial charge on any atom is -0.321 e. The molecule has 0 fully saturated rings. The summed E-state index contributed by atoms with van der Waals surface area (Å²) >= 11 is 7.41. The molecule has 0 aliphatic rings. The average Bonchev–Trinajstić information content (AvgIpc) is 3.06. The summed E-state index contributed by atoms with van der Waals surface area (Å²) in [7, 11) is 1.81. The maximum absolute atomic E-state index is 12.2. The van der Waals surface area contributed by atoms with Crippen LogP contribution in [0.4, 0.5) is 5.69 Å². The van der Waals surface area contributed by atoms with Gasteiger partial charge in [-0.2, -0.15) is 5.10 Å². The standard InChI is InChI=1S/C15H12ClN3OS/c1-19-12(13-7-8-14(16)21-13)9-11(18-19)15(20)17-10-5-3-2-4-6-10/h2-9H,1H3,(H,17,20). The molecule has 0 atom stereocenters. The number of amides is 1. The highest BCUT2D eigenvalue weighted by Crippen LogP contribution is 2.31. The fourth-order valence-corrected chi connectivity index (χ4v) is 3.07. The highest BCUT2D eigenvalue weighted by Gasteiger charge is 2.15. The van der Waals surface area contributed by atoms with Crippen LogP contribution in [0.1, 0.15) is 10.5 Å². The van der Waals surface area contributed by atoms with E-state index >= 15 is 0 Å². The van der Waals surface area contributed by atoms with E-state index in [0.29, 0.717) is 10.0 Å². The predicted octanol–water partition coefficient (Wildman–Crippen LogP) is 4.05. The Bertz CT molecular complexity index is 779. The first-order valence-electron chi connectivity index (χ1n) is 6.29. The Labute approximate surface area is 131 Å². The minimum atomic E-state index is -0.231. The van der Waals surface area contributed by atoms with Crippen molar-refractivity contribution in [2.45, 2.75) is 0 Å². The van der Waals surface area contributed by atoms with E-state index in [1.54, 1.807) is 10.7 Å². The summed E-state index contributed by atoms with van der Waals surface area (Å²) in [5.74, 6) is -0.231. The molecule has 0 spiro atoms. The number of para-hydroxylation sites is 1. The Morgan fingerprint density at radius 3 is 2.67 bits per heavy atom. The number of benzene rings is 1. The summed E-state index contributed by atoms with van der Waals surface area (Å²) in [5, 5.41) is 7.08. The number of carbonyl (C=O) groups excluding carboxylic acids is 1. The summed E-state index contributed by atoms with van der Waals surface area (Å²) in [6.07, 6.45) is 0. The van der Waals surface area contributed by atoms with Gasteiger partial charge in [-0.3, -0.25) is 9.48 Å². The lowest BCUT2D eigenvalue weighted by Gasteiger charge is -2.01. The van der Waals surface area contributed by atoms with E-state index in [-0.39, 0.29) is 5.91 Å². The van der Waals surface area contributed by atoms with Gasteiger partial charge < -0.3 is 5.32 Å². The zero-order valence-corrected chi connectivity index (χ0v) is 12.8. The maximum atomic E-state index is 12.2. The number of halogens is 1. The number of aromatic nitrogens is 2. The molecule has 3 rings (SSSR count). The second-order valence-electron chi connectivity index (χ2n) is 4.46. The molecule has 4 nitrogen and oxygen atoms in total. The quantitative estimate of drug-likeness (QED) is 0.792. The molecular weight excluding hydrogens is 306 g/mol. The summed E-state index contributed by atoms with van der Waals surface area (Å²) < 4.78 is 2.39. The predicted molar refractivity (Wildman–Crippen MR) is 85.9 cm³/mol. The maximum Gasteiger partial charge on any atom is 0.276 e. The van der Waals surface area contributed by atoms with Gasteiger partial charge in [0.15, 0.2) is 5.69 Å². The molecule has 0 saturated carbocycles. The van der Waals surface area contributed by atoms with Crippen LogP contribution in [-0.2, 0) is 7.05 Å². The number of nitrogens with one attached hydrogen (secondary N) is 1. The second-order valence-corrected chi connectivity index (χ2v) is 6.18. The molecule has 0 bridgehead atoms. The third-order valence-corrected chi connectivity index (χ3v) is 4.22. The van der Waals surface area contributed by atoms with Crippen molar-refractivity contribution in [2.24, 2.45) is 7.05 Å². The first-order valence-corrected chi connectivity index (χ1v) is 7.49. The molecule has 6 heteroatoms. The average molecular weight is 318 g/mol. The Hall–Kier alpha value is -2.11. The molecule has 0 aliphatic heterocycles. The molecule has 0 saturated heterocycles. The fraction of sp³-hybridized carbons (Fsp3) is 0.0667. The topological polar surface area (TPSA) is 46.9 Å². The number of hydrogen-bond acceptors (Lipinski definition) is 3. The number of thiophene rings is 1. The number of rotatable bonds is 3. The molecule has 2 heterocycles. The van der Waals surface area contributed by atoms with Crippen LogP contribution in [0.5, 0.6) is 0 Å². The van der Waals surface area contributed by atoms with Gasteiger partial charge in [-0.1, -0.05) is 29.8 Å². The van der Waals surface area contributed by atoms with Crippen LogP contribution in [0.25, 0.3) is 10.6 Å². The van der Waals surface area contributed by atoms with Crippen molar-refractivity contribution < 1.29 is 4.79 Å². The lowest BCUT2D eigenvalue weighted by Crippen LogP contribution is -2.12. The normalized spacial score (nSPS) is 10.6. The van der Waals surface area contributed by atoms with E-state index < -0.39 is 0 Å². The fourth-order valence-electron chi connectivity index (χ4n) is 1.98. The summed E-state index contributed by atoms with van der Waals surface area (Å²) in [6, 6.07) is 14.8. The summed E-state index contributed by atoms with van der Waals surface area (Å²) in [4.78, 5) is 13.2. The van der Waals surface area contributed by atoms with Crippen LogP contribution >= 0.6 is 22.9 Å². The minimum absolute atomic E-state index is 0.231. The van der Waals surface area contributed by atoms with Crippen molar-refractivity contribution in [1.29, 1.82) is 0 Å². The summed E-state index contributed by atoms with van der Waals surface area (Å²) in [6.45, 7) is 0. The van der Waals surface area contributed by atoms with E-state index in [1.165, 1.54) is 11.3 Å². The lowest BCUT2D eigenvalue weighted by atomic mass is 10.3. The number of aryl methyl sites for hydroxylation is 1. The molecule has 3 aromatic rings. The van der Waals surface area contributed by atoms with Gasteiger partial charge in [0, 0.05) is 12.7 Å². The number of hydrogen-bond donors (Lipinski definition) is 1. The van der Waals surface area contributed by atoms with Gasteiger partial charge in [-0.25, -0.2) is 0 Å². The van der Waals surface area contributed by atoms with Gasteiger partial charge in [-0.15, -0.1) is 11.3 Å². The molecular formula is C15H12ClN3OS. The van der Waals surface area contributed by atoms with Crippen molar-refractivity contribution >= 4 is 34.5 Å². The molecule has 0 unspecified atom stereocenters. The van der Waals surface area contributed by atoms with Gasteiger partial charge in [0.1, 0.15) is 0 Å². The van der Waals surface area contributed by atoms with Crippen LogP contribution in [0.2, 0.25) is 4.34 Å². The third kappa shape index (κ3) is 2.99. The van der Waals surface area contributed by atoms with Gasteiger partial charge in [0.2, 0.25) is 0 Å². The Balaban J connectivity index is 1.85. The third-order valence-electron chi connectivity index (χ3n) is 2.97. The molecule has 0 aliphatic carbocycles. The molecule has 106 valence electrons. The molecule has 1 aromatic carbocycles. The van der Waals surface area contributed by atoms with Crippen molar-refractivity contribution in [1.82, 2.24) is 9.78 Å². The van der Waals surface area contributed by atoms with E-state index in [1.807, 2.05) is 49.5 Å². The summed E-state index contributed by atoms with van der Waals surface area (Å²) in [5.41, 5.74) is 1.99. The van der Waals surface area contributed by atoms with Gasteiger partial charge in [-0.05, 0) is 30.3 Å². The lowest BCUT2D eigenvalue weighted by molar-refractivity contribution is 0.102. The zero-order chi connectivity index (χ0) is 14.8. The van der Waals surface area contributed by atoms with Crippen LogP contribution in [-0.4, -0.2) is 15.7 Å². The highest BCUT2D eigenvalue weighted by molar-refractivity contribution is 7.19. The van der Waals surface area contributed by atoms with E-state index in [9.17, 15) is 4.79 Å². The smallest absolute Gasteiger partial charge is 0.276 e. The van der Waals surface area contributed by atoms with Crippen molar-refractivity contribution in [3.63, 3.8) is 0 Å². The first kappa shape index (κ1) is 13.9. The highest BCUT2D eigenvalue weighted by atomic mass is 35.5. The van der Waals surface area contributed by atoms with E-state index in [0.717, 1.165) is 16.3 Å². The molecule has 1 amide bonds. The van der Waals surface area contributed by atoms with Crippen molar-refractivity contribution in [3.05, 3.63) is 58.6 Å². The monoisotopic (exact) mass is 317 g/mol. The van der Waals surface area contributed by atoms with Crippen molar-refractivity contribution in [2.75, 3.05) is 5.32 Å². The molecule has 21 heavy (non-hydrogen) atoms. The van der Waals surface area contributed by atoms with Gasteiger partial charge in [0.05, 0.1) is 14.9 Å². The van der Waals surface area contributed by atoms with Gasteiger partial charge in [0.25, 0.3) is 5.91 Å². The second kappa shape index (κ2) is 5.71. The largest absolute Gasteiger partial charge is 0.321 e. The van der Waals surface area contributed by atoms with Crippen LogP contribution in [0, 0.1) is 0 Å². The van der Waals surface area contributed by atoms with Crippen molar-refractivity contribution in [3.8, 4) is 10.6 Å². The van der Waals surface area contributed by atoms with Crippen LogP contribution < -0.4 is 5.32 Å². The molecule has 1 N–H and O–H groups in total. The number of carbonyl (C=O) groups is 1. The van der Waals surface area contributed by atoms with Crippen LogP contribution in [0.3, 0.4) is 0 Å². The Kier molecular flexibility index (Phi) is 3.77. The number of anilines is 1. The van der Waals surface area contributed by atoms with E-state index in [2.05, 4.69) is 10.4 Å². The van der Waals surface area contributed by atoms with Gasteiger partial charge >= 0.3 is 0 Å². The van der Waals surface area contributed by atoms with Crippen LogP contribution in [0.15, 0.2) is 48.5 Å². The Morgan fingerprint density at radius 2 is 2.00 bits per heavy atom. The SMILES string of the molecule is Cn1nc(C(=O)Nc2ccccc2)cc1-c1ccc(Cl)s1. The van der Waals surface area contributed by atoms with E-state index in [4.69, 9.17) is 11.6 Å². The number of nitrogens with zero attached hydrogens (tertiary/aromatic N) is 2.